The lowest BCUT2D eigenvalue weighted by molar-refractivity contribution is 0.0342. The second kappa shape index (κ2) is 7.78. The summed E-state index contributed by atoms with van der Waals surface area (Å²) in [5, 5.41) is 15.0. The standard InChI is InChI=1S/C22H22N2O3/c25-21-14-18-6-2-1-5-17(18)13-20(21)22(26)23-19-7-3-4-16(12-19)15-24-8-10-27-11-9-24/h1-7,12-14,25H,8-11,15H2,(H,23,26). The molecule has 1 fully saturated rings. The molecule has 1 aliphatic heterocycles. The summed E-state index contributed by atoms with van der Waals surface area (Å²) in [6.45, 7) is 4.19. The number of aromatic hydroxyl groups is 1. The van der Waals surface area contributed by atoms with E-state index < -0.39 is 0 Å². The zero-order valence-corrected chi connectivity index (χ0v) is 15.0. The molecule has 1 aliphatic rings. The summed E-state index contributed by atoms with van der Waals surface area (Å²) in [6, 6.07) is 18.8. The van der Waals surface area contributed by atoms with Gasteiger partial charge in [0.2, 0.25) is 0 Å². The Labute approximate surface area is 158 Å². The SMILES string of the molecule is O=C(Nc1cccc(CN2CCOCC2)c1)c1cc2ccccc2cc1O. The van der Waals surface area contributed by atoms with Crippen LogP contribution in [0.4, 0.5) is 5.69 Å². The van der Waals surface area contributed by atoms with Crippen LogP contribution in [0.5, 0.6) is 5.75 Å². The van der Waals surface area contributed by atoms with Crippen molar-refractivity contribution in [1.82, 2.24) is 4.90 Å². The Morgan fingerprint density at radius 3 is 2.52 bits per heavy atom. The van der Waals surface area contributed by atoms with Gasteiger partial charge in [-0.25, -0.2) is 0 Å². The molecule has 0 radical (unpaired) electrons. The molecule has 0 aromatic heterocycles. The van der Waals surface area contributed by atoms with Gasteiger partial charge >= 0.3 is 0 Å². The number of phenolic OH excluding ortho intramolecular Hbond substituents is 1. The normalized spacial score (nSPS) is 15.0. The molecule has 0 spiro atoms. The molecule has 0 unspecified atom stereocenters. The van der Waals surface area contributed by atoms with Crippen molar-refractivity contribution in [3.8, 4) is 5.75 Å². The number of anilines is 1. The molecule has 1 heterocycles. The molecule has 0 aliphatic carbocycles. The van der Waals surface area contributed by atoms with Crippen molar-refractivity contribution in [2.24, 2.45) is 0 Å². The molecular weight excluding hydrogens is 340 g/mol. The van der Waals surface area contributed by atoms with Crippen LogP contribution in [-0.4, -0.2) is 42.2 Å². The van der Waals surface area contributed by atoms with Crippen molar-refractivity contribution in [3.63, 3.8) is 0 Å². The molecule has 5 heteroatoms. The summed E-state index contributed by atoms with van der Waals surface area (Å²) in [5.74, 6) is -0.336. The lowest BCUT2D eigenvalue weighted by atomic mass is 10.1. The van der Waals surface area contributed by atoms with Crippen molar-refractivity contribution < 1.29 is 14.6 Å². The average Bonchev–Trinajstić information content (AvgIpc) is 2.68. The van der Waals surface area contributed by atoms with Crippen LogP contribution in [0.25, 0.3) is 10.8 Å². The van der Waals surface area contributed by atoms with Crippen LogP contribution in [0, 0.1) is 0 Å². The Kier molecular flexibility index (Phi) is 5.05. The Morgan fingerprint density at radius 2 is 1.74 bits per heavy atom. The highest BCUT2D eigenvalue weighted by atomic mass is 16.5. The monoisotopic (exact) mass is 362 g/mol. The van der Waals surface area contributed by atoms with Gasteiger partial charge in [0.05, 0.1) is 18.8 Å². The average molecular weight is 362 g/mol. The number of nitrogens with one attached hydrogen (secondary N) is 1. The first-order valence-electron chi connectivity index (χ1n) is 9.11. The molecule has 1 amide bonds. The first kappa shape index (κ1) is 17.5. The van der Waals surface area contributed by atoms with Crippen molar-refractivity contribution in [3.05, 3.63) is 71.8 Å². The van der Waals surface area contributed by atoms with Crippen molar-refractivity contribution in [2.75, 3.05) is 31.6 Å². The van der Waals surface area contributed by atoms with Crippen LogP contribution in [0.1, 0.15) is 15.9 Å². The number of carbonyl (C=O) groups is 1. The number of morpholine rings is 1. The Hall–Kier alpha value is -2.89. The molecule has 2 N–H and O–H groups in total. The third-order valence-electron chi connectivity index (χ3n) is 4.80. The van der Waals surface area contributed by atoms with Gasteiger partial charge in [-0.05, 0) is 40.6 Å². The van der Waals surface area contributed by atoms with Crippen molar-refractivity contribution >= 4 is 22.4 Å². The smallest absolute Gasteiger partial charge is 0.259 e. The predicted octanol–water partition coefficient (Wildman–Crippen LogP) is 3.63. The number of nitrogens with zero attached hydrogens (tertiary/aromatic N) is 1. The number of rotatable bonds is 4. The summed E-state index contributed by atoms with van der Waals surface area (Å²) in [4.78, 5) is 15.0. The van der Waals surface area contributed by atoms with Gasteiger partial charge in [-0.2, -0.15) is 0 Å². The largest absolute Gasteiger partial charge is 0.507 e. The van der Waals surface area contributed by atoms with Crippen LogP contribution in [0.3, 0.4) is 0 Å². The Morgan fingerprint density at radius 1 is 1.00 bits per heavy atom. The molecule has 1 saturated heterocycles. The van der Waals surface area contributed by atoms with E-state index in [0.29, 0.717) is 0 Å². The van der Waals surface area contributed by atoms with Gasteiger partial charge in [0.25, 0.3) is 5.91 Å². The molecule has 5 nitrogen and oxygen atoms in total. The second-order valence-corrected chi connectivity index (χ2v) is 6.76. The highest BCUT2D eigenvalue weighted by molar-refractivity contribution is 6.08. The van der Waals surface area contributed by atoms with Gasteiger partial charge < -0.3 is 15.2 Å². The van der Waals surface area contributed by atoms with E-state index >= 15 is 0 Å². The van der Waals surface area contributed by atoms with Gasteiger partial charge in [-0.15, -0.1) is 0 Å². The van der Waals surface area contributed by atoms with Crippen LogP contribution in [0.2, 0.25) is 0 Å². The van der Waals surface area contributed by atoms with Gasteiger partial charge in [-0.1, -0.05) is 36.4 Å². The van der Waals surface area contributed by atoms with E-state index in [2.05, 4.69) is 16.3 Å². The molecular formula is C22H22N2O3. The predicted molar refractivity (Wildman–Crippen MR) is 106 cm³/mol. The number of carbonyl (C=O) groups excluding carboxylic acids is 1. The lowest BCUT2D eigenvalue weighted by Gasteiger charge is -2.26. The minimum Gasteiger partial charge on any atom is -0.507 e. The van der Waals surface area contributed by atoms with E-state index in [1.165, 1.54) is 0 Å². The van der Waals surface area contributed by atoms with Crippen LogP contribution < -0.4 is 5.32 Å². The van der Waals surface area contributed by atoms with Gasteiger partial charge in [0, 0.05) is 25.3 Å². The number of benzene rings is 3. The first-order chi connectivity index (χ1) is 13.2. The van der Waals surface area contributed by atoms with E-state index in [9.17, 15) is 9.90 Å². The summed E-state index contributed by atoms with van der Waals surface area (Å²) >= 11 is 0. The third kappa shape index (κ3) is 4.10. The van der Waals surface area contributed by atoms with E-state index in [0.717, 1.165) is 54.9 Å². The minimum atomic E-state index is -0.318. The number of amides is 1. The molecule has 138 valence electrons. The molecule has 3 aromatic carbocycles. The topological polar surface area (TPSA) is 61.8 Å². The van der Waals surface area contributed by atoms with Crippen LogP contribution >= 0.6 is 0 Å². The molecule has 0 atom stereocenters. The minimum absolute atomic E-state index is 0.0179. The highest BCUT2D eigenvalue weighted by Gasteiger charge is 2.14. The van der Waals surface area contributed by atoms with Crippen molar-refractivity contribution in [1.29, 1.82) is 0 Å². The third-order valence-corrected chi connectivity index (χ3v) is 4.80. The molecule has 0 saturated carbocycles. The molecule has 3 aromatic rings. The fourth-order valence-electron chi connectivity index (χ4n) is 3.37. The fourth-order valence-corrected chi connectivity index (χ4v) is 3.37. The van der Waals surface area contributed by atoms with E-state index in [1.54, 1.807) is 12.1 Å². The van der Waals surface area contributed by atoms with Crippen LogP contribution in [0.15, 0.2) is 60.7 Å². The molecule has 27 heavy (non-hydrogen) atoms. The summed E-state index contributed by atoms with van der Waals surface area (Å²) < 4.78 is 5.38. The summed E-state index contributed by atoms with van der Waals surface area (Å²) in [5.41, 5.74) is 2.13. The number of fused-ring (bicyclic) bond motifs is 1. The van der Waals surface area contributed by atoms with E-state index in [-0.39, 0.29) is 17.2 Å². The lowest BCUT2D eigenvalue weighted by Crippen LogP contribution is -2.35. The second-order valence-electron chi connectivity index (χ2n) is 6.76. The quantitative estimate of drug-likeness (QED) is 0.744. The maximum absolute atomic E-state index is 12.7. The maximum atomic E-state index is 12.7. The number of hydrogen-bond donors (Lipinski definition) is 2. The summed E-state index contributed by atoms with van der Waals surface area (Å²) in [6.07, 6.45) is 0. The van der Waals surface area contributed by atoms with Crippen molar-refractivity contribution in [2.45, 2.75) is 6.54 Å². The van der Waals surface area contributed by atoms with E-state index in [4.69, 9.17) is 4.74 Å². The highest BCUT2D eigenvalue weighted by Crippen LogP contribution is 2.26. The number of hydrogen-bond acceptors (Lipinski definition) is 4. The van der Waals surface area contributed by atoms with E-state index in [1.807, 2.05) is 42.5 Å². The first-order valence-corrected chi connectivity index (χ1v) is 9.11. The number of phenols is 1. The van der Waals surface area contributed by atoms with Gasteiger partial charge in [0.15, 0.2) is 0 Å². The Bertz CT molecular complexity index is 965. The zero-order chi connectivity index (χ0) is 18.6. The van der Waals surface area contributed by atoms with Gasteiger partial charge in [-0.3, -0.25) is 9.69 Å². The van der Waals surface area contributed by atoms with Gasteiger partial charge in [0.1, 0.15) is 5.75 Å². The van der Waals surface area contributed by atoms with Crippen LogP contribution in [-0.2, 0) is 11.3 Å². The fraction of sp³-hybridized carbons (Fsp3) is 0.227. The molecule has 0 bridgehead atoms. The number of ether oxygens (including phenoxy) is 1. The molecule has 4 rings (SSSR count). The maximum Gasteiger partial charge on any atom is 0.259 e. The Balaban J connectivity index is 1.51. The zero-order valence-electron chi connectivity index (χ0n) is 15.0. The summed E-state index contributed by atoms with van der Waals surface area (Å²) in [7, 11) is 0.